The molecule has 1 aromatic rings. The first-order valence-electron chi connectivity index (χ1n) is 6.48. The van der Waals surface area contributed by atoms with Gasteiger partial charge in [0.15, 0.2) is 0 Å². The van der Waals surface area contributed by atoms with E-state index in [0.29, 0.717) is 6.54 Å². The summed E-state index contributed by atoms with van der Waals surface area (Å²) in [6, 6.07) is 2.42. The van der Waals surface area contributed by atoms with Crippen LogP contribution in [0.5, 0.6) is 0 Å². The second-order valence-electron chi connectivity index (χ2n) is 6.13. The highest BCUT2D eigenvalue weighted by Gasteiger charge is 2.21. The first-order chi connectivity index (χ1) is 9.11. The molecule has 0 aliphatic heterocycles. The molecule has 0 saturated carbocycles. The molecule has 0 aliphatic rings. The second-order valence-corrected chi connectivity index (χ2v) is 7.42. The predicted octanol–water partition coefficient (Wildman–Crippen LogP) is 4.20. The minimum atomic E-state index is -0.840. The third kappa shape index (κ3) is 4.85. The molecule has 1 atom stereocenters. The summed E-state index contributed by atoms with van der Waals surface area (Å²) in [5.74, 6) is -2.36. The van der Waals surface area contributed by atoms with Crippen LogP contribution in [0.2, 0.25) is 0 Å². The summed E-state index contributed by atoms with van der Waals surface area (Å²) in [7, 11) is 0. The van der Waals surface area contributed by atoms with Crippen LogP contribution in [0.3, 0.4) is 0 Å². The summed E-state index contributed by atoms with van der Waals surface area (Å²) in [5.41, 5.74) is -0.152. The third-order valence-electron chi connectivity index (χ3n) is 2.83. The molecule has 0 fully saturated rings. The molecule has 2 nitrogen and oxygen atoms in total. The normalized spacial score (nSPS) is 13.2. The molecule has 0 aliphatic carbocycles. The highest BCUT2D eigenvalue weighted by atomic mass is 79.9. The zero-order chi connectivity index (χ0) is 15.5. The molecule has 1 aromatic carbocycles. The first-order valence-corrected chi connectivity index (χ1v) is 7.40. The standard InChI is InChI=1S/C15H20BrF2NO/c1-9-5-6-11(17)12(13(9)18)14(20)19-8-10(16)7-15(2,3)4/h5-6,10H,7-8H2,1-4H3,(H,19,20). The Morgan fingerprint density at radius 2 is 1.95 bits per heavy atom. The van der Waals surface area contributed by atoms with E-state index in [1.807, 2.05) is 0 Å². The fraction of sp³-hybridized carbons (Fsp3) is 0.533. The maximum absolute atomic E-state index is 13.8. The molecule has 1 unspecified atom stereocenters. The van der Waals surface area contributed by atoms with Crippen LogP contribution in [-0.4, -0.2) is 17.3 Å². The van der Waals surface area contributed by atoms with Crippen molar-refractivity contribution in [3.05, 3.63) is 34.9 Å². The molecule has 1 N–H and O–H groups in total. The lowest BCUT2D eigenvalue weighted by Crippen LogP contribution is -2.32. The minimum absolute atomic E-state index is 0.0578. The van der Waals surface area contributed by atoms with E-state index in [2.05, 4.69) is 42.0 Å². The predicted molar refractivity (Wildman–Crippen MR) is 80.2 cm³/mol. The van der Waals surface area contributed by atoms with Crippen molar-refractivity contribution in [1.82, 2.24) is 5.32 Å². The molecule has 0 saturated heterocycles. The van der Waals surface area contributed by atoms with Crippen LogP contribution in [0.25, 0.3) is 0 Å². The van der Waals surface area contributed by atoms with Gasteiger partial charge in [0.1, 0.15) is 17.2 Å². The van der Waals surface area contributed by atoms with Crippen molar-refractivity contribution in [1.29, 1.82) is 0 Å². The van der Waals surface area contributed by atoms with Gasteiger partial charge in [0.2, 0.25) is 0 Å². The second kappa shape index (κ2) is 6.66. The largest absolute Gasteiger partial charge is 0.351 e. The monoisotopic (exact) mass is 347 g/mol. The molecule has 0 aromatic heterocycles. The number of alkyl halides is 1. The lowest BCUT2D eigenvalue weighted by Gasteiger charge is -2.22. The van der Waals surface area contributed by atoms with Gasteiger partial charge >= 0.3 is 0 Å². The van der Waals surface area contributed by atoms with Gasteiger partial charge in [-0.3, -0.25) is 4.79 Å². The molecular weight excluding hydrogens is 328 g/mol. The maximum Gasteiger partial charge on any atom is 0.257 e. The quantitative estimate of drug-likeness (QED) is 0.812. The fourth-order valence-electron chi connectivity index (χ4n) is 1.89. The van der Waals surface area contributed by atoms with E-state index in [9.17, 15) is 13.6 Å². The van der Waals surface area contributed by atoms with Crippen LogP contribution < -0.4 is 5.32 Å². The van der Waals surface area contributed by atoms with Gasteiger partial charge in [-0.2, -0.15) is 0 Å². The van der Waals surface area contributed by atoms with Gasteiger partial charge in [-0.05, 0) is 30.4 Å². The Labute approximate surface area is 127 Å². The molecule has 20 heavy (non-hydrogen) atoms. The topological polar surface area (TPSA) is 29.1 Å². The van der Waals surface area contributed by atoms with Gasteiger partial charge in [-0.25, -0.2) is 8.78 Å². The first kappa shape index (κ1) is 17.1. The van der Waals surface area contributed by atoms with Crippen LogP contribution in [0, 0.1) is 24.0 Å². The minimum Gasteiger partial charge on any atom is -0.351 e. The van der Waals surface area contributed by atoms with Gasteiger partial charge < -0.3 is 5.32 Å². The molecule has 1 amide bonds. The van der Waals surface area contributed by atoms with Crippen molar-refractivity contribution < 1.29 is 13.6 Å². The van der Waals surface area contributed by atoms with Crippen LogP contribution >= 0.6 is 15.9 Å². The Kier molecular flexibility index (Phi) is 5.68. The Morgan fingerprint density at radius 3 is 2.50 bits per heavy atom. The van der Waals surface area contributed by atoms with Crippen LogP contribution in [0.15, 0.2) is 12.1 Å². The summed E-state index contributed by atoms with van der Waals surface area (Å²) >= 11 is 3.46. The number of hydrogen-bond acceptors (Lipinski definition) is 1. The number of benzene rings is 1. The van der Waals surface area contributed by atoms with E-state index in [1.54, 1.807) is 0 Å². The van der Waals surface area contributed by atoms with Crippen molar-refractivity contribution in [3.63, 3.8) is 0 Å². The van der Waals surface area contributed by atoms with Gasteiger partial charge in [-0.1, -0.05) is 42.8 Å². The van der Waals surface area contributed by atoms with E-state index < -0.39 is 23.1 Å². The number of carbonyl (C=O) groups is 1. The molecule has 0 bridgehead atoms. The number of carbonyl (C=O) groups excluding carboxylic acids is 1. The Hall–Kier alpha value is -0.970. The zero-order valence-corrected chi connectivity index (χ0v) is 13.8. The van der Waals surface area contributed by atoms with Crippen molar-refractivity contribution >= 4 is 21.8 Å². The van der Waals surface area contributed by atoms with E-state index in [4.69, 9.17) is 0 Å². The number of nitrogens with one attached hydrogen (secondary N) is 1. The van der Waals surface area contributed by atoms with E-state index >= 15 is 0 Å². The van der Waals surface area contributed by atoms with Gasteiger partial charge in [0.25, 0.3) is 5.91 Å². The zero-order valence-electron chi connectivity index (χ0n) is 12.2. The highest BCUT2D eigenvalue weighted by Crippen LogP contribution is 2.24. The molecule has 5 heteroatoms. The summed E-state index contributed by atoms with van der Waals surface area (Å²) < 4.78 is 27.4. The third-order valence-corrected chi connectivity index (χ3v) is 3.48. The van der Waals surface area contributed by atoms with Crippen molar-refractivity contribution in [2.24, 2.45) is 5.41 Å². The Balaban J connectivity index is 2.71. The Bertz CT molecular complexity index is 497. The summed E-state index contributed by atoms with van der Waals surface area (Å²) in [6.07, 6.45) is 0.839. The van der Waals surface area contributed by atoms with Crippen molar-refractivity contribution in [2.75, 3.05) is 6.54 Å². The number of halogens is 3. The lowest BCUT2D eigenvalue weighted by atomic mass is 9.90. The molecular formula is C15H20BrF2NO. The SMILES string of the molecule is Cc1ccc(F)c(C(=O)NCC(Br)CC(C)(C)C)c1F. The molecule has 0 heterocycles. The molecule has 0 radical (unpaired) electrons. The molecule has 1 rings (SSSR count). The van der Waals surface area contributed by atoms with Crippen LogP contribution in [0.4, 0.5) is 8.78 Å². The van der Waals surface area contributed by atoms with Gasteiger partial charge in [0.05, 0.1) is 0 Å². The van der Waals surface area contributed by atoms with Gasteiger partial charge in [0, 0.05) is 11.4 Å². The number of rotatable bonds is 4. The summed E-state index contributed by atoms with van der Waals surface area (Å²) in [6.45, 7) is 8.08. The van der Waals surface area contributed by atoms with E-state index in [0.717, 1.165) is 12.5 Å². The number of aryl methyl sites for hydroxylation is 1. The van der Waals surface area contributed by atoms with E-state index in [1.165, 1.54) is 13.0 Å². The molecule has 0 spiro atoms. The summed E-state index contributed by atoms with van der Waals surface area (Å²) in [4.78, 5) is 12.0. The highest BCUT2D eigenvalue weighted by molar-refractivity contribution is 9.09. The maximum atomic E-state index is 13.8. The smallest absolute Gasteiger partial charge is 0.257 e. The van der Waals surface area contributed by atoms with Crippen molar-refractivity contribution in [3.8, 4) is 0 Å². The summed E-state index contributed by atoms with van der Waals surface area (Å²) in [5, 5.41) is 2.56. The fourth-order valence-corrected chi connectivity index (χ4v) is 3.03. The van der Waals surface area contributed by atoms with Gasteiger partial charge in [-0.15, -0.1) is 0 Å². The number of amides is 1. The van der Waals surface area contributed by atoms with E-state index in [-0.39, 0.29) is 15.8 Å². The van der Waals surface area contributed by atoms with Crippen LogP contribution in [-0.2, 0) is 0 Å². The average Bonchev–Trinajstić information content (AvgIpc) is 2.30. The van der Waals surface area contributed by atoms with Crippen molar-refractivity contribution in [2.45, 2.75) is 38.9 Å². The Morgan fingerprint density at radius 1 is 1.35 bits per heavy atom. The lowest BCUT2D eigenvalue weighted by molar-refractivity contribution is 0.0944. The molecule has 112 valence electrons. The van der Waals surface area contributed by atoms with Crippen LogP contribution in [0.1, 0.15) is 43.1 Å². The number of hydrogen-bond donors (Lipinski definition) is 1. The average molecular weight is 348 g/mol.